The van der Waals surface area contributed by atoms with Crippen molar-refractivity contribution in [3.05, 3.63) is 82.6 Å². The minimum absolute atomic E-state index is 0.0730. The van der Waals surface area contributed by atoms with Crippen LogP contribution in [-0.4, -0.2) is 21.4 Å². The first kappa shape index (κ1) is 20.8. The number of anilines is 2. The molecule has 0 saturated carbocycles. The number of methoxy groups -OCH3 is 1. The number of benzene rings is 3. The summed E-state index contributed by atoms with van der Waals surface area (Å²) < 4.78 is 46.6. The molecule has 2 N–H and O–H groups in total. The number of rotatable bonds is 6. The number of amides is 1. The predicted octanol–water partition coefficient (Wildman–Crippen LogP) is 4.65. The van der Waals surface area contributed by atoms with Crippen molar-refractivity contribution < 1.29 is 22.3 Å². The topological polar surface area (TPSA) is 84.5 Å². The number of nitrogens with one attached hydrogen (secondary N) is 2. The number of carbonyl (C=O) groups excluding carboxylic acids is 1. The van der Waals surface area contributed by atoms with Crippen LogP contribution < -0.4 is 14.8 Å². The largest absolute Gasteiger partial charge is 0.496 e. The Morgan fingerprint density at radius 2 is 1.69 bits per heavy atom. The maximum atomic E-state index is 13.0. The molecule has 9 heteroatoms. The van der Waals surface area contributed by atoms with E-state index in [4.69, 9.17) is 4.74 Å². The van der Waals surface area contributed by atoms with Crippen LogP contribution >= 0.6 is 15.9 Å². The van der Waals surface area contributed by atoms with Gasteiger partial charge >= 0.3 is 0 Å². The Kier molecular flexibility index (Phi) is 6.19. The molecule has 0 aromatic heterocycles. The summed E-state index contributed by atoms with van der Waals surface area (Å²) in [6.07, 6.45) is 0. The quantitative estimate of drug-likeness (QED) is 0.539. The lowest BCUT2D eigenvalue weighted by Gasteiger charge is -2.11. The van der Waals surface area contributed by atoms with Gasteiger partial charge in [-0.15, -0.1) is 0 Å². The standard InChI is InChI=1S/C20H16BrFN2O4S/c1-28-19-10-9-16(12-18(19)21)24-29(26,27)17-4-2-3-13(11-17)20(25)23-15-7-5-14(22)6-8-15/h2-12,24H,1H3,(H,23,25). The third-order valence-corrected chi connectivity index (χ3v) is 5.91. The number of halogens is 2. The number of sulfonamides is 1. The third kappa shape index (κ3) is 5.12. The predicted molar refractivity (Wildman–Crippen MR) is 112 cm³/mol. The fourth-order valence-electron chi connectivity index (χ4n) is 2.48. The Bertz CT molecular complexity index is 1150. The fourth-order valence-corrected chi connectivity index (χ4v) is 4.12. The molecule has 1 amide bonds. The molecule has 0 fully saturated rings. The molecule has 0 aliphatic heterocycles. The van der Waals surface area contributed by atoms with Crippen LogP contribution in [0.25, 0.3) is 0 Å². The Balaban J connectivity index is 1.80. The van der Waals surface area contributed by atoms with Crippen LogP contribution in [-0.2, 0) is 10.0 Å². The van der Waals surface area contributed by atoms with Gasteiger partial charge in [0.05, 0.1) is 22.2 Å². The van der Waals surface area contributed by atoms with Gasteiger partial charge in [0, 0.05) is 11.3 Å². The van der Waals surface area contributed by atoms with Gasteiger partial charge in [0.15, 0.2) is 0 Å². The zero-order chi connectivity index (χ0) is 21.0. The second kappa shape index (κ2) is 8.62. The van der Waals surface area contributed by atoms with E-state index in [1.807, 2.05) is 0 Å². The molecule has 0 unspecified atom stereocenters. The Hall–Kier alpha value is -2.91. The summed E-state index contributed by atoms with van der Waals surface area (Å²) in [5, 5.41) is 2.59. The van der Waals surface area contributed by atoms with Crippen molar-refractivity contribution in [1.82, 2.24) is 0 Å². The van der Waals surface area contributed by atoms with E-state index < -0.39 is 21.7 Å². The van der Waals surface area contributed by atoms with Crippen LogP contribution in [0.2, 0.25) is 0 Å². The van der Waals surface area contributed by atoms with Gasteiger partial charge < -0.3 is 10.1 Å². The smallest absolute Gasteiger partial charge is 0.261 e. The van der Waals surface area contributed by atoms with Crippen LogP contribution in [0.1, 0.15) is 10.4 Å². The first-order valence-corrected chi connectivity index (χ1v) is 10.6. The summed E-state index contributed by atoms with van der Waals surface area (Å²) in [6.45, 7) is 0. The molecule has 0 saturated heterocycles. The first-order valence-electron chi connectivity index (χ1n) is 8.32. The van der Waals surface area contributed by atoms with E-state index >= 15 is 0 Å². The Morgan fingerprint density at radius 1 is 1.00 bits per heavy atom. The average Bonchev–Trinajstić information content (AvgIpc) is 2.70. The molecule has 3 rings (SSSR count). The van der Waals surface area contributed by atoms with Crippen LogP contribution in [0.4, 0.5) is 15.8 Å². The average molecular weight is 479 g/mol. The SMILES string of the molecule is COc1ccc(NS(=O)(=O)c2cccc(C(=O)Nc3ccc(F)cc3)c2)cc1Br. The highest BCUT2D eigenvalue weighted by Gasteiger charge is 2.17. The highest BCUT2D eigenvalue weighted by molar-refractivity contribution is 9.10. The molecule has 150 valence electrons. The van der Waals surface area contributed by atoms with Gasteiger partial charge in [0.2, 0.25) is 0 Å². The van der Waals surface area contributed by atoms with Crippen molar-refractivity contribution in [1.29, 1.82) is 0 Å². The number of ether oxygens (including phenoxy) is 1. The maximum absolute atomic E-state index is 13.0. The zero-order valence-electron chi connectivity index (χ0n) is 15.1. The molecular weight excluding hydrogens is 463 g/mol. The van der Waals surface area contributed by atoms with E-state index in [0.29, 0.717) is 21.6 Å². The van der Waals surface area contributed by atoms with E-state index in [-0.39, 0.29) is 10.5 Å². The molecule has 0 bridgehead atoms. The van der Waals surface area contributed by atoms with Crippen LogP contribution in [0.5, 0.6) is 5.75 Å². The van der Waals surface area contributed by atoms with Gasteiger partial charge in [0.1, 0.15) is 11.6 Å². The second-order valence-corrected chi connectivity index (χ2v) is 8.48. The van der Waals surface area contributed by atoms with E-state index in [2.05, 4.69) is 26.0 Å². The van der Waals surface area contributed by atoms with Gasteiger partial charge in [-0.2, -0.15) is 0 Å². The molecule has 0 aliphatic carbocycles. The molecule has 3 aromatic carbocycles. The Morgan fingerprint density at radius 3 is 2.34 bits per heavy atom. The van der Waals surface area contributed by atoms with Crippen molar-refractivity contribution in [2.45, 2.75) is 4.90 Å². The van der Waals surface area contributed by atoms with Gasteiger partial charge in [-0.1, -0.05) is 6.07 Å². The molecule has 0 radical (unpaired) electrons. The summed E-state index contributed by atoms with van der Waals surface area (Å²) in [5.41, 5.74) is 0.873. The van der Waals surface area contributed by atoms with Crippen molar-refractivity contribution in [2.75, 3.05) is 17.1 Å². The summed E-state index contributed by atoms with van der Waals surface area (Å²) in [5.74, 6) is -0.374. The van der Waals surface area contributed by atoms with Crippen molar-refractivity contribution >= 4 is 43.2 Å². The maximum Gasteiger partial charge on any atom is 0.261 e. The summed E-state index contributed by atoms with van der Waals surface area (Å²) in [7, 11) is -2.42. The van der Waals surface area contributed by atoms with Gasteiger partial charge in [-0.3, -0.25) is 9.52 Å². The molecule has 0 atom stereocenters. The Labute approximate surface area is 175 Å². The highest BCUT2D eigenvalue weighted by atomic mass is 79.9. The normalized spacial score (nSPS) is 11.0. The number of hydrogen-bond acceptors (Lipinski definition) is 4. The number of carbonyl (C=O) groups is 1. The van der Waals surface area contributed by atoms with E-state index in [0.717, 1.165) is 0 Å². The second-order valence-electron chi connectivity index (χ2n) is 5.94. The van der Waals surface area contributed by atoms with Crippen LogP contribution in [0.3, 0.4) is 0 Å². The lowest BCUT2D eigenvalue weighted by Crippen LogP contribution is -2.16. The van der Waals surface area contributed by atoms with Crippen molar-refractivity contribution in [2.24, 2.45) is 0 Å². The number of hydrogen-bond donors (Lipinski definition) is 2. The summed E-state index contributed by atoms with van der Waals surface area (Å²) in [6, 6.07) is 15.6. The molecular formula is C20H16BrFN2O4S. The summed E-state index contributed by atoms with van der Waals surface area (Å²) in [4.78, 5) is 12.3. The minimum atomic E-state index is -3.93. The van der Waals surface area contributed by atoms with Gasteiger partial charge in [0.25, 0.3) is 15.9 Å². The monoisotopic (exact) mass is 478 g/mol. The van der Waals surface area contributed by atoms with E-state index in [1.54, 1.807) is 18.2 Å². The molecule has 6 nitrogen and oxygen atoms in total. The fraction of sp³-hybridized carbons (Fsp3) is 0.0500. The van der Waals surface area contributed by atoms with E-state index in [9.17, 15) is 17.6 Å². The molecule has 0 aliphatic rings. The first-order chi connectivity index (χ1) is 13.8. The van der Waals surface area contributed by atoms with Gasteiger partial charge in [-0.05, 0) is 76.6 Å². The molecule has 0 heterocycles. The summed E-state index contributed by atoms with van der Waals surface area (Å²) >= 11 is 3.30. The third-order valence-electron chi connectivity index (χ3n) is 3.91. The lowest BCUT2D eigenvalue weighted by atomic mass is 10.2. The van der Waals surface area contributed by atoms with Crippen molar-refractivity contribution in [3.63, 3.8) is 0 Å². The van der Waals surface area contributed by atoms with Crippen LogP contribution in [0, 0.1) is 5.82 Å². The molecule has 3 aromatic rings. The highest BCUT2D eigenvalue weighted by Crippen LogP contribution is 2.29. The van der Waals surface area contributed by atoms with E-state index in [1.165, 1.54) is 55.6 Å². The molecule has 29 heavy (non-hydrogen) atoms. The molecule has 0 spiro atoms. The van der Waals surface area contributed by atoms with Gasteiger partial charge in [-0.25, -0.2) is 12.8 Å². The van der Waals surface area contributed by atoms with Crippen LogP contribution in [0.15, 0.2) is 76.1 Å². The lowest BCUT2D eigenvalue weighted by molar-refractivity contribution is 0.102. The zero-order valence-corrected chi connectivity index (χ0v) is 17.6. The minimum Gasteiger partial charge on any atom is -0.496 e. The van der Waals surface area contributed by atoms with Crippen molar-refractivity contribution in [3.8, 4) is 5.75 Å².